The number of fused-ring (bicyclic) bond motifs is 1. The van der Waals surface area contributed by atoms with Crippen molar-refractivity contribution in [2.75, 3.05) is 20.2 Å². The lowest BCUT2D eigenvalue weighted by atomic mass is 9.96. The highest BCUT2D eigenvalue weighted by Crippen LogP contribution is 2.23. The first-order valence-corrected chi connectivity index (χ1v) is 10.5. The van der Waals surface area contributed by atoms with Crippen LogP contribution in [-0.4, -0.2) is 40.6 Å². The summed E-state index contributed by atoms with van der Waals surface area (Å²) in [6, 6.07) is 11.6. The fraction of sp³-hybridized carbons (Fsp3) is 0.375. The normalized spacial score (nSPS) is 14.7. The number of halogens is 1. The van der Waals surface area contributed by atoms with E-state index in [2.05, 4.69) is 4.98 Å². The molecule has 2 heterocycles. The first-order valence-electron chi connectivity index (χ1n) is 10.5. The van der Waals surface area contributed by atoms with E-state index in [0.717, 1.165) is 24.2 Å². The lowest BCUT2D eigenvalue weighted by Gasteiger charge is -2.32. The maximum atomic E-state index is 13.5. The number of aromatic nitrogens is 2. The van der Waals surface area contributed by atoms with E-state index in [-0.39, 0.29) is 17.4 Å². The van der Waals surface area contributed by atoms with Crippen molar-refractivity contribution in [2.24, 2.45) is 5.92 Å². The number of rotatable bonds is 5. The predicted molar refractivity (Wildman–Crippen MR) is 117 cm³/mol. The Morgan fingerprint density at radius 3 is 2.68 bits per heavy atom. The largest absolute Gasteiger partial charge is 0.496 e. The van der Waals surface area contributed by atoms with Crippen LogP contribution in [0, 0.1) is 18.7 Å². The summed E-state index contributed by atoms with van der Waals surface area (Å²) >= 11 is 0. The van der Waals surface area contributed by atoms with Gasteiger partial charge in [0.2, 0.25) is 5.91 Å². The van der Waals surface area contributed by atoms with Crippen molar-refractivity contribution in [1.82, 2.24) is 14.5 Å². The number of ether oxygens (including phenoxy) is 1. The molecule has 1 amide bonds. The SMILES string of the molecule is COc1ccccc1CC(=O)N1CCC(Cn2c(C)nc3cc(F)ccc3c2=O)CC1. The Morgan fingerprint density at radius 2 is 1.94 bits per heavy atom. The number of para-hydroxylation sites is 1. The zero-order chi connectivity index (χ0) is 22.0. The standard InChI is InChI=1S/C24H26FN3O3/c1-16-26-21-14-19(25)7-8-20(21)24(30)28(16)15-17-9-11-27(12-10-17)23(29)13-18-5-3-4-6-22(18)31-2/h3-8,14,17H,9-13,15H2,1-2H3. The number of nitrogens with zero attached hydrogens (tertiary/aromatic N) is 3. The topological polar surface area (TPSA) is 64.4 Å². The lowest BCUT2D eigenvalue weighted by Crippen LogP contribution is -2.41. The molecule has 0 N–H and O–H groups in total. The zero-order valence-electron chi connectivity index (χ0n) is 17.8. The van der Waals surface area contributed by atoms with E-state index in [1.54, 1.807) is 18.6 Å². The van der Waals surface area contributed by atoms with E-state index in [1.165, 1.54) is 18.2 Å². The second-order valence-corrected chi connectivity index (χ2v) is 8.05. The molecular weight excluding hydrogens is 397 g/mol. The number of aryl methyl sites for hydroxylation is 1. The van der Waals surface area contributed by atoms with Gasteiger partial charge in [-0.05, 0) is 43.9 Å². The van der Waals surface area contributed by atoms with Crippen LogP contribution in [0.4, 0.5) is 4.39 Å². The molecule has 0 radical (unpaired) electrons. The Balaban J connectivity index is 1.41. The van der Waals surface area contributed by atoms with Crippen LogP contribution in [0.15, 0.2) is 47.3 Å². The summed E-state index contributed by atoms with van der Waals surface area (Å²) in [6.07, 6.45) is 1.97. The molecule has 4 rings (SSSR count). The third-order valence-corrected chi connectivity index (χ3v) is 6.05. The zero-order valence-corrected chi connectivity index (χ0v) is 17.8. The van der Waals surface area contributed by atoms with Gasteiger partial charge in [-0.25, -0.2) is 9.37 Å². The fourth-order valence-corrected chi connectivity index (χ4v) is 4.27. The number of likely N-dealkylation sites (tertiary alicyclic amines) is 1. The maximum absolute atomic E-state index is 13.5. The molecule has 2 aromatic carbocycles. The molecule has 0 bridgehead atoms. The Bertz CT molecular complexity index is 1170. The molecule has 7 heteroatoms. The summed E-state index contributed by atoms with van der Waals surface area (Å²) in [4.78, 5) is 32.0. The summed E-state index contributed by atoms with van der Waals surface area (Å²) in [5.41, 5.74) is 1.13. The van der Waals surface area contributed by atoms with Crippen LogP contribution >= 0.6 is 0 Å². The highest BCUT2D eigenvalue weighted by molar-refractivity contribution is 5.79. The first-order chi connectivity index (χ1) is 15.0. The van der Waals surface area contributed by atoms with Crippen molar-refractivity contribution in [3.05, 3.63) is 70.0 Å². The molecule has 1 aliphatic rings. The van der Waals surface area contributed by atoms with Crippen LogP contribution in [0.25, 0.3) is 10.9 Å². The molecule has 31 heavy (non-hydrogen) atoms. The summed E-state index contributed by atoms with van der Waals surface area (Å²) in [5.74, 6) is 1.28. The average molecular weight is 423 g/mol. The van der Waals surface area contributed by atoms with Gasteiger partial charge in [-0.15, -0.1) is 0 Å². The summed E-state index contributed by atoms with van der Waals surface area (Å²) in [5, 5.41) is 0.427. The number of carbonyl (C=O) groups is 1. The summed E-state index contributed by atoms with van der Waals surface area (Å²) in [6.45, 7) is 3.66. The number of carbonyl (C=O) groups excluding carboxylic acids is 1. The van der Waals surface area contributed by atoms with Crippen LogP contribution in [0.3, 0.4) is 0 Å². The predicted octanol–water partition coefficient (Wildman–Crippen LogP) is 3.33. The van der Waals surface area contributed by atoms with Gasteiger partial charge in [0.15, 0.2) is 0 Å². The molecular formula is C24H26FN3O3. The third kappa shape index (κ3) is 4.45. The minimum absolute atomic E-state index is 0.0886. The van der Waals surface area contributed by atoms with Gasteiger partial charge in [0.1, 0.15) is 17.4 Å². The number of benzene rings is 2. The molecule has 0 aliphatic carbocycles. The van der Waals surface area contributed by atoms with Crippen LogP contribution in [0.5, 0.6) is 5.75 Å². The lowest BCUT2D eigenvalue weighted by molar-refractivity contribution is -0.131. The van der Waals surface area contributed by atoms with Gasteiger partial charge < -0.3 is 9.64 Å². The highest BCUT2D eigenvalue weighted by Gasteiger charge is 2.24. The van der Waals surface area contributed by atoms with Crippen LogP contribution in [-0.2, 0) is 17.8 Å². The second-order valence-electron chi connectivity index (χ2n) is 8.05. The van der Waals surface area contributed by atoms with Gasteiger partial charge in [0, 0.05) is 31.3 Å². The van der Waals surface area contributed by atoms with E-state index in [0.29, 0.717) is 42.8 Å². The Hall–Kier alpha value is -3.22. The van der Waals surface area contributed by atoms with Gasteiger partial charge in [-0.1, -0.05) is 18.2 Å². The summed E-state index contributed by atoms with van der Waals surface area (Å²) < 4.78 is 20.5. The Kier molecular flexibility index (Phi) is 6.02. The van der Waals surface area contributed by atoms with Crippen molar-refractivity contribution in [3.8, 4) is 5.75 Å². The maximum Gasteiger partial charge on any atom is 0.261 e. The Morgan fingerprint density at radius 1 is 1.19 bits per heavy atom. The third-order valence-electron chi connectivity index (χ3n) is 6.05. The molecule has 1 aliphatic heterocycles. The first kappa shape index (κ1) is 21.0. The number of methoxy groups -OCH3 is 1. The van der Waals surface area contributed by atoms with Gasteiger partial charge in [-0.3, -0.25) is 14.2 Å². The Labute approximate surface area is 180 Å². The molecule has 0 unspecified atom stereocenters. The van der Waals surface area contributed by atoms with E-state index in [1.807, 2.05) is 29.2 Å². The van der Waals surface area contributed by atoms with Crippen molar-refractivity contribution < 1.29 is 13.9 Å². The van der Waals surface area contributed by atoms with Crippen molar-refractivity contribution in [2.45, 2.75) is 32.7 Å². The molecule has 162 valence electrons. The monoisotopic (exact) mass is 423 g/mol. The summed E-state index contributed by atoms with van der Waals surface area (Å²) in [7, 11) is 1.61. The number of amides is 1. The number of hydrogen-bond acceptors (Lipinski definition) is 4. The molecule has 1 saturated heterocycles. The minimum Gasteiger partial charge on any atom is -0.496 e. The van der Waals surface area contributed by atoms with E-state index >= 15 is 0 Å². The molecule has 6 nitrogen and oxygen atoms in total. The van der Waals surface area contributed by atoms with Gasteiger partial charge in [0.25, 0.3) is 5.56 Å². The number of hydrogen-bond donors (Lipinski definition) is 0. The van der Waals surface area contributed by atoms with Crippen LogP contribution in [0.2, 0.25) is 0 Å². The van der Waals surface area contributed by atoms with E-state index in [9.17, 15) is 14.0 Å². The molecule has 1 aromatic heterocycles. The molecule has 1 fully saturated rings. The van der Waals surface area contributed by atoms with Gasteiger partial charge >= 0.3 is 0 Å². The second kappa shape index (κ2) is 8.88. The molecule has 0 saturated carbocycles. The molecule has 0 atom stereocenters. The van der Waals surface area contributed by atoms with E-state index in [4.69, 9.17) is 4.74 Å². The van der Waals surface area contributed by atoms with Crippen molar-refractivity contribution >= 4 is 16.8 Å². The number of piperidine rings is 1. The van der Waals surface area contributed by atoms with Crippen molar-refractivity contribution in [3.63, 3.8) is 0 Å². The molecule has 3 aromatic rings. The molecule has 0 spiro atoms. The van der Waals surface area contributed by atoms with Gasteiger partial charge in [0.05, 0.1) is 24.4 Å². The highest BCUT2D eigenvalue weighted by atomic mass is 19.1. The van der Waals surface area contributed by atoms with Crippen molar-refractivity contribution in [1.29, 1.82) is 0 Å². The smallest absolute Gasteiger partial charge is 0.261 e. The average Bonchev–Trinajstić information content (AvgIpc) is 2.77. The van der Waals surface area contributed by atoms with Crippen LogP contribution in [0.1, 0.15) is 24.2 Å². The quantitative estimate of drug-likeness (QED) is 0.632. The minimum atomic E-state index is -0.401. The van der Waals surface area contributed by atoms with E-state index < -0.39 is 5.82 Å². The van der Waals surface area contributed by atoms with Crippen LogP contribution < -0.4 is 10.3 Å². The fourth-order valence-electron chi connectivity index (χ4n) is 4.27. The van der Waals surface area contributed by atoms with Gasteiger partial charge in [-0.2, -0.15) is 0 Å².